The maximum Gasteiger partial charge on any atom is 0.308 e. The van der Waals surface area contributed by atoms with E-state index >= 15 is 0 Å². The lowest BCUT2D eigenvalue weighted by atomic mass is 10.2. The van der Waals surface area contributed by atoms with Crippen molar-refractivity contribution < 1.29 is 28.6 Å². The number of fused-ring (bicyclic) bond motifs is 6. The Morgan fingerprint density at radius 1 is 0.422 bits per heavy atom. The molecule has 4 aromatic heterocycles. The number of esters is 3. The molecule has 0 saturated carbocycles. The minimum Gasteiger partial charge on any atom is -0.427 e. The molecule has 0 spiro atoms. The fourth-order valence-electron chi connectivity index (χ4n) is 4.89. The molecule has 0 atom stereocenters. The number of hydrogen-bond donors (Lipinski definition) is 0. The van der Waals surface area contributed by atoms with Crippen LogP contribution in [0.3, 0.4) is 0 Å². The summed E-state index contributed by atoms with van der Waals surface area (Å²) in [6.07, 6.45) is 0. The SMILES string of the molecule is CC(=O)Oc1ccc(-c2nnc3n2c2nnc(-c4ccc(OC(C)=O)cc4)n2c2nnc(-c4ccc(OC(C)=O)cc4)n32)cc1. The predicted molar refractivity (Wildman–Crippen MR) is 156 cm³/mol. The van der Waals surface area contributed by atoms with E-state index in [4.69, 9.17) is 14.2 Å². The molecule has 0 aliphatic heterocycles. The molecule has 7 aromatic rings. The van der Waals surface area contributed by atoms with E-state index in [2.05, 4.69) is 30.6 Å². The molecular weight excluding hydrogens is 582 g/mol. The third-order valence-corrected chi connectivity index (χ3v) is 6.66. The van der Waals surface area contributed by atoms with E-state index in [0.29, 0.717) is 68.7 Å². The smallest absolute Gasteiger partial charge is 0.308 e. The van der Waals surface area contributed by atoms with Gasteiger partial charge in [-0.15, -0.1) is 30.6 Å². The highest BCUT2D eigenvalue weighted by Crippen LogP contribution is 2.30. The van der Waals surface area contributed by atoms with Crippen LogP contribution in [0, 0.1) is 0 Å². The standard InChI is InChI=1S/C30H21N9O6/c1-16(40)43-22-10-4-19(5-11-22)25-31-34-28-37(25)29-35-32-26(20-6-12-23(13-7-20)44-17(2)41)39(29)30-36-33-27(38(28)30)21-8-14-24(15-9-21)45-18(3)42/h4-15H,1-3H3. The van der Waals surface area contributed by atoms with Crippen molar-refractivity contribution in [3.05, 3.63) is 72.8 Å². The molecular formula is C30H21N9O6. The highest BCUT2D eigenvalue weighted by molar-refractivity contribution is 5.74. The molecule has 0 unspecified atom stereocenters. The van der Waals surface area contributed by atoms with Crippen LogP contribution in [0.4, 0.5) is 0 Å². The second-order valence-corrected chi connectivity index (χ2v) is 9.83. The van der Waals surface area contributed by atoms with Crippen LogP contribution in [-0.2, 0) is 14.4 Å². The van der Waals surface area contributed by atoms with Crippen LogP contribution in [-0.4, -0.2) is 61.7 Å². The lowest BCUT2D eigenvalue weighted by molar-refractivity contribution is -0.132. The lowest BCUT2D eigenvalue weighted by Gasteiger charge is -2.08. The van der Waals surface area contributed by atoms with E-state index in [0.717, 1.165) is 0 Å². The number of carbonyl (C=O) groups excluding carboxylic acids is 3. The molecule has 0 saturated heterocycles. The van der Waals surface area contributed by atoms with Crippen molar-refractivity contribution in [2.24, 2.45) is 0 Å². The van der Waals surface area contributed by atoms with Crippen molar-refractivity contribution in [2.75, 3.05) is 0 Å². The summed E-state index contributed by atoms with van der Waals surface area (Å²) >= 11 is 0. The van der Waals surface area contributed by atoms with Gasteiger partial charge in [0.15, 0.2) is 17.5 Å². The van der Waals surface area contributed by atoms with Crippen LogP contribution in [0.15, 0.2) is 72.8 Å². The molecule has 0 radical (unpaired) electrons. The molecule has 3 aromatic carbocycles. The minimum atomic E-state index is -0.433. The summed E-state index contributed by atoms with van der Waals surface area (Å²) in [5.41, 5.74) is 1.99. The largest absolute Gasteiger partial charge is 0.427 e. The molecule has 0 fully saturated rings. The first-order chi connectivity index (χ1) is 21.8. The first kappa shape index (κ1) is 27.3. The molecule has 15 heteroatoms. The molecule has 15 nitrogen and oxygen atoms in total. The molecule has 0 bridgehead atoms. The second-order valence-electron chi connectivity index (χ2n) is 9.83. The summed E-state index contributed by atoms with van der Waals surface area (Å²) in [4.78, 5) is 34.3. The van der Waals surface area contributed by atoms with Crippen molar-refractivity contribution in [1.29, 1.82) is 0 Å². The molecule has 0 aliphatic carbocycles. The number of aromatic nitrogens is 9. The third-order valence-electron chi connectivity index (χ3n) is 6.66. The maximum atomic E-state index is 11.4. The molecule has 45 heavy (non-hydrogen) atoms. The van der Waals surface area contributed by atoms with Crippen molar-refractivity contribution in [2.45, 2.75) is 20.8 Å². The van der Waals surface area contributed by atoms with Crippen LogP contribution in [0.1, 0.15) is 20.8 Å². The van der Waals surface area contributed by atoms with Crippen LogP contribution < -0.4 is 14.2 Å². The van der Waals surface area contributed by atoms with E-state index in [1.807, 2.05) is 0 Å². The van der Waals surface area contributed by atoms with E-state index in [1.165, 1.54) is 20.8 Å². The van der Waals surface area contributed by atoms with Gasteiger partial charge in [0.05, 0.1) is 0 Å². The van der Waals surface area contributed by atoms with Gasteiger partial charge in [0.1, 0.15) is 17.2 Å². The van der Waals surface area contributed by atoms with Gasteiger partial charge in [-0.1, -0.05) is 0 Å². The van der Waals surface area contributed by atoms with Gasteiger partial charge in [0, 0.05) is 37.5 Å². The lowest BCUT2D eigenvalue weighted by Crippen LogP contribution is -2.07. The Balaban J connectivity index is 1.46. The van der Waals surface area contributed by atoms with E-state index < -0.39 is 17.9 Å². The number of rotatable bonds is 6. The summed E-state index contributed by atoms with van der Waals surface area (Å²) in [6, 6.07) is 20.4. The fraction of sp³-hybridized carbons (Fsp3) is 0.100. The van der Waals surface area contributed by atoms with Gasteiger partial charge in [-0.2, -0.15) is 0 Å². The van der Waals surface area contributed by atoms with Crippen LogP contribution >= 0.6 is 0 Å². The summed E-state index contributed by atoms with van der Waals surface area (Å²) in [6.45, 7) is 3.99. The normalized spacial score (nSPS) is 11.3. The number of ether oxygens (including phenoxy) is 3. The Labute approximate surface area is 252 Å². The van der Waals surface area contributed by atoms with Crippen LogP contribution in [0.25, 0.3) is 51.5 Å². The van der Waals surface area contributed by atoms with Crippen LogP contribution in [0.2, 0.25) is 0 Å². The van der Waals surface area contributed by atoms with Gasteiger partial charge >= 0.3 is 17.9 Å². The zero-order valence-corrected chi connectivity index (χ0v) is 23.9. The minimum absolute atomic E-state index is 0.352. The first-order valence-electron chi connectivity index (χ1n) is 13.5. The molecule has 222 valence electrons. The summed E-state index contributed by atoms with van der Waals surface area (Å²) in [5.74, 6) is 2.20. The third kappa shape index (κ3) is 4.87. The van der Waals surface area contributed by atoms with Gasteiger partial charge in [-0.25, -0.2) is 13.2 Å². The first-order valence-corrected chi connectivity index (χ1v) is 13.5. The zero-order valence-electron chi connectivity index (χ0n) is 23.9. The summed E-state index contributed by atoms with van der Waals surface area (Å²) < 4.78 is 20.7. The molecule has 0 aliphatic rings. The molecule has 0 amide bonds. The highest BCUT2D eigenvalue weighted by Gasteiger charge is 2.25. The Bertz CT molecular complexity index is 1980. The molecule has 4 heterocycles. The number of hydrogen-bond acceptors (Lipinski definition) is 12. The van der Waals surface area contributed by atoms with Crippen molar-refractivity contribution in [1.82, 2.24) is 43.8 Å². The van der Waals surface area contributed by atoms with Gasteiger partial charge < -0.3 is 14.2 Å². The van der Waals surface area contributed by atoms with Gasteiger partial charge in [0.2, 0.25) is 17.3 Å². The maximum absolute atomic E-state index is 11.4. The second kappa shape index (κ2) is 10.6. The van der Waals surface area contributed by atoms with Crippen molar-refractivity contribution >= 4 is 35.2 Å². The zero-order chi connectivity index (χ0) is 31.2. The fourth-order valence-corrected chi connectivity index (χ4v) is 4.89. The van der Waals surface area contributed by atoms with Gasteiger partial charge in [0.25, 0.3) is 0 Å². The highest BCUT2D eigenvalue weighted by atomic mass is 16.5. The Morgan fingerprint density at radius 2 is 0.667 bits per heavy atom. The Kier molecular flexibility index (Phi) is 6.46. The Hall–Kier alpha value is -6.51. The predicted octanol–water partition coefficient (Wildman–Crippen LogP) is 3.59. The van der Waals surface area contributed by atoms with E-state index in [1.54, 1.807) is 86.0 Å². The van der Waals surface area contributed by atoms with Crippen LogP contribution in [0.5, 0.6) is 17.2 Å². The molecule has 7 rings (SSSR count). The monoisotopic (exact) mass is 603 g/mol. The summed E-state index contributed by atoms with van der Waals surface area (Å²) in [7, 11) is 0. The van der Waals surface area contributed by atoms with Gasteiger partial charge in [-0.3, -0.25) is 14.4 Å². The van der Waals surface area contributed by atoms with Crippen molar-refractivity contribution in [3.63, 3.8) is 0 Å². The topological polar surface area (TPSA) is 169 Å². The number of carbonyl (C=O) groups is 3. The van der Waals surface area contributed by atoms with Crippen molar-refractivity contribution in [3.8, 4) is 51.4 Å². The number of benzene rings is 3. The van der Waals surface area contributed by atoms with Gasteiger partial charge in [-0.05, 0) is 72.8 Å². The quantitative estimate of drug-likeness (QED) is 0.200. The van der Waals surface area contributed by atoms with E-state index in [-0.39, 0.29) is 0 Å². The average Bonchev–Trinajstić information content (AvgIpc) is 3.74. The number of nitrogens with zero attached hydrogens (tertiary/aromatic N) is 9. The summed E-state index contributed by atoms with van der Waals surface area (Å²) in [5, 5.41) is 26.9. The Morgan fingerprint density at radius 3 is 0.889 bits per heavy atom. The average molecular weight is 604 g/mol. The van der Waals surface area contributed by atoms with E-state index in [9.17, 15) is 14.4 Å². The molecule has 0 N–H and O–H groups in total.